The molecular formula is C16H24FN3O. The van der Waals surface area contributed by atoms with Crippen LogP contribution in [0.5, 0.6) is 5.75 Å². The van der Waals surface area contributed by atoms with Gasteiger partial charge in [-0.3, -0.25) is 4.90 Å². The number of hydrogen-bond donors (Lipinski definition) is 1. The molecule has 5 heteroatoms. The molecule has 3 rings (SSSR count). The van der Waals surface area contributed by atoms with E-state index in [0.717, 1.165) is 43.9 Å². The fourth-order valence-corrected chi connectivity index (χ4v) is 3.46. The lowest BCUT2D eigenvalue weighted by Crippen LogP contribution is -2.44. The number of benzene rings is 1. The summed E-state index contributed by atoms with van der Waals surface area (Å²) in [6.45, 7) is 3.55. The van der Waals surface area contributed by atoms with E-state index in [-0.39, 0.29) is 0 Å². The van der Waals surface area contributed by atoms with E-state index in [1.54, 1.807) is 7.11 Å². The molecular weight excluding hydrogens is 269 g/mol. The Balaban J connectivity index is 1.60. The van der Waals surface area contributed by atoms with Crippen molar-refractivity contribution in [2.45, 2.75) is 31.5 Å². The van der Waals surface area contributed by atoms with Gasteiger partial charge in [0.25, 0.3) is 0 Å². The molecule has 0 spiro atoms. The van der Waals surface area contributed by atoms with Gasteiger partial charge in [-0.05, 0) is 31.4 Å². The van der Waals surface area contributed by atoms with Crippen molar-refractivity contribution in [3.63, 3.8) is 0 Å². The van der Waals surface area contributed by atoms with Crippen LogP contribution < -0.4 is 15.4 Å². The normalized spacial score (nSPS) is 24.5. The fourth-order valence-electron chi connectivity index (χ4n) is 3.46. The molecule has 2 aliphatic heterocycles. The molecule has 1 aromatic carbocycles. The minimum absolute atomic E-state index is 0.540. The third-order valence-corrected chi connectivity index (χ3v) is 4.73. The Bertz CT molecular complexity index is 488. The molecule has 4 nitrogen and oxygen atoms in total. The molecule has 2 fully saturated rings. The van der Waals surface area contributed by atoms with Crippen molar-refractivity contribution in [1.29, 1.82) is 0 Å². The summed E-state index contributed by atoms with van der Waals surface area (Å²) in [5, 5.41) is 0. The molecule has 0 radical (unpaired) electrons. The number of piperidine rings is 1. The van der Waals surface area contributed by atoms with Crippen molar-refractivity contribution in [2.75, 3.05) is 43.9 Å². The van der Waals surface area contributed by atoms with E-state index >= 15 is 0 Å². The molecule has 0 amide bonds. The lowest BCUT2D eigenvalue weighted by atomic mass is 10.0. The van der Waals surface area contributed by atoms with Crippen molar-refractivity contribution in [3.8, 4) is 5.75 Å². The Hall–Kier alpha value is -1.49. The van der Waals surface area contributed by atoms with Crippen LogP contribution in [0.3, 0.4) is 0 Å². The standard InChI is InChI=1S/C16H24FN3O/c1-21-16-10-14(2-3-15(16)18)19-8-5-13(6-9-19)20-7-4-12(17)11-20/h2-3,10,12-13H,4-9,11,18H2,1H3/t12-/m0/s1. The van der Waals surface area contributed by atoms with Crippen LogP contribution >= 0.6 is 0 Å². The Labute approximate surface area is 125 Å². The highest BCUT2D eigenvalue weighted by molar-refractivity contribution is 5.62. The zero-order valence-electron chi connectivity index (χ0n) is 12.6. The van der Waals surface area contributed by atoms with Gasteiger partial charge in [0.15, 0.2) is 0 Å². The lowest BCUT2D eigenvalue weighted by molar-refractivity contribution is 0.192. The number of nitrogens with zero attached hydrogens (tertiary/aromatic N) is 2. The van der Waals surface area contributed by atoms with Crippen LogP contribution in [0, 0.1) is 0 Å². The first-order chi connectivity index (χ1) is 10.2. The Morgan fingerprint density at radius 1 is 1.19 bits per heavy atom. The predicted molar refractivity (Wildman–Crippen MR) is 83.7 cm³/mol. The highest BCUT2D eigenvalue weighted by atomic mass is 19.1. The number of anilines is 2. The minimum Gasteiger partial charge on any atom is -0.495 e. The summed E-state index contributed by atoms with van der Waals surface area (Å²) in [6, 6.07) is 6.49. The molecule has 2 aliphatic rings. The number of alkyl halides is 1. The number of nitrogens with two attached hydrogens (primary N) is 1. The Kier molecular flexibility index (Phi) is 4.19. The van der Waals surface area contributed by atoms with E-state index < -0.39 is 6.17 Å². The molecule has 0 saturated carbocycles. The molecule has 116 valence electrons. The quantitative estimate of drug-likeness (QED) is 0.868. The maximum atomic E-state index is 13.3. The first-order valence-corrected chi connectivity index (χ1v) is 7.74. The number of hydrogen-bond acceptors (Lipinski definition) is 4. The van der Waals surface area contributed by atoms with Crippen LogP contribution in [0.15, 0.2) is 18.2 Å². The molecule has 0 unspecified atom stereocenters. The average molecular weight is 293 g/mol. The number of ether oxygens (including phenoxy) is 1. The minimum atomic E-state index is -0.621. The maximum absolute atomic E-state index is 13.3. The van der Waals surface area contributed by atoms with Gasteiger partial charge in [-0.15, -0.1) is 0 Å². The molecule has 1 aromatic rings. The Morgan fingerprint density at radius 2 is 1.95 bits per heavy atom. The largest absolute Gasteiger partial charge is 0.495 e. The Morgan fingerprint density at radius 3 is 2.57 bits per heavy atom. The van der Waals surface area contributed by atoms with Gasteiger partial charge in [-0.25, -0.2) is 4.39 Å². The second kappa shape index (κ2) is 6.10. The number of methoxy groups -OCH3 is 1. The van der Waals surface area contributed by atoms with E-state index in [1.807, 2.05) is 18.2 Å². The monoisotopic (exact) mass is 293 g/mol. The van der Waals surface area contributed by atoms with E-state index in [9.17, 15) is 4.39 Å². The van der Waals surface area contributed by atoms with Crippen molar-refractivity contribution in [3.05, 3.63) is 18.2 Å². The van der Waals surface area contributed by atoms with Crippen molar-refractivity contribution in [2.24, 2.45) is 0 Å². The van der Waals surface area contributed by atoms with E-state index in [4.69, 9.17) is 10.5 Å². The summed E-state index contributed by atoms with van der Waals surface area (Å²) in [5.41, 5.74) is 7.69. The van der Waals surface area contributed by atoms with Crippen LogP contribution in [-0.2, 0) is 0 Å². The second-order valence-corrected chi connectivity index (χ2v) is 6.03. The number of likely N-dealkylation sites (tertiary alicyclic amines) is 1. The summed E-state index contributed by atoms with van der Waals surface area (Å²) in [4.78, 5) is 4.69. The first-order valence-electron chi connectivity index (χ1n) is 7.74. The summed E-state index contributed by atoms with van der Waals surface area (Å²) in [6.07, 6.45) is 2.28. The maximum Gasteiger partial charge on any atom is 0.143 e. The average Bonchev–Trinajstić information content (AvgIpc) is 2.94. The van der Waals surface area contributed by atoms with Gasteiger partial charge in [-0.2, -0.15) is 0 Å². The van der Waals surface area contributed by atoms with Gasteiger partial charge in [-0.1, -0.05) is 0 Å². The van der Waals surface area contributed by atoms with Gasteiger partial charge in [0.1, 0.15) is 11.9 Å². The van der Waals surface area contributed by atoms with Gasteiger partial charge in [0, 0.05) is 44.0 Å². The zero-order valence-corrected chi connectivity index (χ0v) is 12.6. The third kappa shape index (κ3) is 3.07. The highest BCUT2D eigenvalue weighted by Crippen LogP contribution is 2.30. The molecule has 2 saturated heterocycles. The zero-order chi connectivity index (χ0) is 14.8. The summed E-state index contributed by atoms with van der Waals surface area (Å²) in [5.74, 6) is 0.731. The molecule has 0 aliphatic carbocycles. The molecule has 21 heavy (non-hydrogen) atoms. The van der Waals surface area contributed by atoms with Crippen LogP contribution in [-0.4, -0.2) is 50.4 Å². The van der Waals surface area contributed by atoms with Crippen LogP contribution in [0.4, 0.5) is 15.8 Å². The van der Waals surface area contributed by atoms with Crippen LogP contribution in [0.1, 0.15) is 19.3 Å². The molecule has 0 bridgehead atoms. The lowest BCUT2D eigenvalue weighted by Gasteiger charge is -2.37. The second-order valence-electron chi connectivity index (χ2n) is 6.03. The van der Waals surface area contributed by atoms with Gasteiger partial charge >= 0.3 is 0 Å². The number of nitrogen functional groups attached to an aromatic ring is 1. The molecule has 2 heterocycles. The molecule has 1 atom stereocenters. The number of rotatable bonds is 3. The van der Waals surface area contributed by atoms with Crippen molar-refractivity contribution >= 4 is 11.4 Å². The third-order valence-electron chi connectivity index (χ3n) is 4.73. The molecule has 2 N–H and O–H groups in total. The van der Waals surface area contributed by atoms with Crippen molar-refractivity contribution in [1.82, 2.24) is 4.90 Å². The smallest absolute Gasteiger partial charge is 0.143 e. The van der Waals surface area contributed by atoms with E-state index in [1.165, 1.54) is 0 Å². The van der Waals surface area contributed by atoms with Gasteiger partial charge in [0.05, 0.1) is 12.8 Å². The predicted octanol–water partition coefficient (Wildman–Crippen LogP) is 2.29. The summed E-state index contributed by atoms with van der Waals surface area (Å²) in [7, 11) is 1.64. The van der Waals surface area contributed by atoms with E-state index in [2.05, 4.69) is 9.80 Å². The SMILES string of the molecule is COc1cc(N2CCC(N3CC[C@H](F)C3)CC2)ccc1N. The summed E-state index contributed by atoms with van der Waals surface area (Å²) < 4.78 is 18.6. The van der Waals surface area contributed by atoms with Gasteiger partial charge in [0.2, 0.25) is 0 Å². The molecule has 0 aromatic heterocycles. The fraction of sp³-hybridized carbons (Fsp3) is 0.625. The topological polar surface area (TPSA) is 41.7 Å². The van der Waals surface area contributed by atoms with E-state index in [0.29, 0.717) is 24.7 Å². The van der Waals surface area contributed by atoms with Crippen LogP contribution in [0.25, 0.3) is 0 Å². The van der Waals surface area contributed by atoms with Gasteiger partial charge < -0.3 is 15.4 Å². The van der Waals surface area contributed by atoms with Crippen molar-refractivity contribution < 1.29 is 9.13 Å². The first kappa shape index (κ1) is 14.4. The van der Waals surface area contributed by atoms with Crippen LogP contribution in [0.2, 0.25) is 0 Å². The highest BCUT2D eigenvalue weighted by Gasteiger charge is 2.30. The number of halogens is 1. The summed E-state index contributed by atoms with van der Waals surface area (Å²) >= 11 is 0.